The van der Waals surface area contributed by atoms with Gasteiger partial charge >= 0.3 is 5.97 Å². The molecule has 0 spiro atoms. The average Bonchev–Trinajstić information content (AvgIpc) is 2.48. The second kappa shape index (κ2) is 7.07. The number of allylic oxidation sites excluding steroid dienone is 1. The van der Waals surface area contributed by atoms with E-state index in [1.54, 1.807) is 12.1 Å². The molecule has 1 rings (SSSR count). The van der Waals surface area contributed by atoms with Gasteiger partial charge in [0.05, 0.1) is 18.1 Å². The second-order valence-corrected chi connectivity index (χ2v) is 5.09. The molecule has 0 heterocycles. The average molecular weight is 288 g/mol. The van der Waals surface area contributed by atoms with Gasteiger partial charge in [0.15, 0.2) is 0 Å². The van der Waals surface area contributed by atoms with E-state index in [0.717, 1.165) is 18.4 Å². The molecule has 4 heteroatoms. The van der Waals surface area contributed by atoms with Gasteiger partial charge in [-0.05, 0) is 37.5 Å². The van der Waals surface area contributed by atoms with Crippen LogP contribution in [-0.4, -0.2) is 18.9 Å². The van der Waals surface area contributed by atoms with E-state index in [1.807, 2.05) is 19.1 Å². The summed E-state index contributed by atoms with van der Waals surface area (Å²) in [7, 11) is 1.37. The first kappa shape index (κ1) is 17.0. The van der Waals surface area contributed by atoms with Gasteiger partial charge in [-0.3, -0.25) is 0 Å². The summed E-state index contributed by atoms with van der Waals surface area (Å²) in [4.78, 5) is 15.9. The van der Waals surface area contributed by atoms with Crippen molar-refractivity contribution in [1.29, 1.82) is 0 Å². The van der Waals surface area contributed by atoms with Crippen molar-refractivity contribution in [3.8, 4) is 0 Å². The van der Waals surface area contributed by atoms with Crippen LogP contribution in [0.25, 0.3) is 0 Å². The van der Waals surface area contributed by atoms with Crippen LogP contribution in [0.5, 0.6) is 0 Å². The Bertz CT molecular complexity index is 540. The summed E-state index contributed by atoms with van der Waals surface area (Å²) in [6, 6.07) is 7.35. The van der Waals surface area contributed by atoms with Crippen molar-refractivity contribution < 1.29 is 9.53 Å². The quantitative estimate of drug-likeness (QED) is 0.495. The maximum atomic E-state index is 11.5. The minimum atomic E-state index is -0.344. The van der Waals surface area contributed by atoms with Crippen LogP contribution in [0.15, 0.2) is 41.5 Å². The summed E-state index contributed by atoms with van der Waals surface area (Å²) in [6.07, 6.45) is 1.65. The molecular weight excluding hydrogens is 264 g/mol. The van der Waals surface area contributed by atoms with Crippen molar-refractivity contribution in [2.24, 2.45) is 10.7 Å². The number of benzene rings is 1. The molecule has 0 aliphatic carbocycles. The molecule has 0 aliphatic rings. The Labute approximate surface area is 126 Å². The van der Waals surface area contributed by atoms with Gasteiger partial charge in [0.25, 0.3) is 0 Å². The fourth-order valence-corrected chi connectivity index (χ4v) is 2.52. The van der Waals surface area contributed by atoms with Crippen molar-refractivity contribution in [1.82, 2.24) is 0 Å². The van der Waals surface area contributed by atoms with Crippen LogP contribution in [0.3, 0.4) is 0 Å². The van der Waals surface area contributed by atoms with Gasteiger partial charge in [-0.1, -0.05) is 32.6 Å². The minimum absolute atomic E-state index is 0.340. The summed E-state index contributed by atoms with van der Waals surface area (Å²) in [5.74, 6) is 0.217. The molecule has 2 N–H and O–H groups in total. The topological polar surface area (TPSA) is 64.7 Å². The van der Waals surface area contributed by atoms with Crippen LogP contribution >= 0.6 is 0 Å². The third-order valence-corrected chi connectivity index (χ3v) is 3.87. The predicted molar refractivity (Wildman–Crippen MR) is 86.5 cm³/mol. The number of carbonyl (C=O) groups excluding carboxylic acids is 1. The van der Waals surface area contributed by atoms with E-state index < -0.39 is 0 Å². The lowest BCUT2D eigenvalue weighted by Crippen LogP contribution is -2.40. The molecule has 0 amide bonds. The van der Waals surface area contributed by atoms with Crippen LogP contribution in [0.1, 0.15) is 49.5 Å². The van der Waals surface area contributed by atoms with Crippen LogP contribution in [-0.2, 0) is 10.2 Å². The summed E-state index contributed by atoms with van der Waals surface area (Å²) in [6.45, 7) is 9.78. The van der Waals surface area contributed by atoms with Crippen LogP contribution in [0.4, 0.5) is 0 Å². The maximum absolute atomic E-state index is 11.5. The molecular formula is C17H24N2O2. The minimum Gasteiger partial charge on any atom is -0.465 e. The Morgan fingerprint density at radius 1 is 1.29 bits per heavy atom. The number of hydrogen-bond donors (Lipinski definition) is 1. The molecule has 0 unspecified atom stereocenters. The molecule has 1 aromatic carbocycles. The van der Waals surface area contributed by atoms with Crippen LogP contribution in [0.2, 0.25) is 0 Å². The number of nitrogens with zero attached hydrogens (tertiary/aromatic N) is 1. The van der Waals surface area contributed by atoms with Gasteiger partial charge in [-0.25, -0.2) is 9.79 Å². The fourth-order valence-electron chi connectivity index (χ4n) is 2.52. The van der Waals surface area contributed by atoms with Crippen molar-refractivity contribution >= 4 is 11.8 Å². The number of rotatable bonds is 6. The highest BCUT2D eigenvalue weighted by Crippen LogP contribution is 2.32. The first-order chi connectivity index (χ1) is 9.91. The third-order valence-electron chi connectivity index (χ3n) is 3.87. The van der Waals surface area contributed by atoms with E-state index in [4.69, 9.17) is 10.5 Å². The van der Waals surface area contributed by atoms with Crippen molar-refractivity contribution in [2.45, 2.75) is 39.0 Å². The first-order valence-corrected chi connectivity index (χ1v) is 7.10. The monoisotopic (exact) mass is 288 g/mol. The van der Waals surface area contributed by atoms with Crippen molar-refractivity contribution in [3.05, 3.63) is 47.7 Å². The van der Waals surface area contributed by atoms with Crippen LogP contribution in [0, 0.1) is 0 Å². The number of hydrogen-bond acceptors (Lipinski definition) is 3. The van der Waals surface area contributed by atoms with E-state index in [-0.39, 0.29) is 11.4 Å². The zero-order chi connectivity index (χ0) is 16.0. The number of carbonyl (C=O) groups is 1. The van der Waals surface area contributed by atoms with E-state index in [2.05, 4.69) is 25.4 Å². The smallest absolute Gasteiger partial charge is 0.337 e. The van der Waals surface area contributed by atoms with E-state index >= 15 is 0 Å². The number of ether oxygens (including phenoxy) is 1. The number of esters is 1. The third kappa shape index (κ3) is 3.51. The zero-order valence-electron chi connectivity index (χ0n) is 13.3. The molecule has 21 heavy (non-hydrogen) atoms. The Morgan fingerprint density at radius 3 is 2.19 bits per heavy atom. The number of nitrogens with two attached hydrogens (primary N) is 1. The Morgan fingerprint density at radius 2 is 1.81 bits per heavy atom. The van der Waals surface area contributed by atoms with Gasteiger partial charge < -0.3 is 10.5 Å². The van der Waals surface area contributed by atoms with Gasteiger partial charge in [-0.2, -0.15) is 0 Å². The van der Waals surface area contributed by atoms with Gasteiger partial charge in [-0.15, -0.1) is 0 Å². The molecule has 1 aromatic rings. The molecule has 0 saturated carbocycles. The second-order valence-electron chi connectivity index (χ2n) is 5.09. The van der Waals surface area contributed by atoms with Gasteiger partial charge in [0, 0.05) is 5.70 Å². The highest BCUT2D eigenvalue weighted by molar-refractivity contribution is 5.93. The molecule has 0 saturated heterocycles. The van der Waals surface area contributed by atoms with Crippen molar-refractivity contribution in [2.75, 3.05) is 7.11 Å². The molecule has 0 aliphatic heterocycles. The standard InChI is InChI=1S/C17H24N2O2/c1-6-17(7-2,16(18)19-12(3)4)14-10-8-13(9-11-14)15(20)21-5/h8-11H,3,6-7H2,1-2,4-5H3,(H2,18,19). The summed E-state index contributed by atoms with van der Waals surface area (Å²) in [5.41, 5.74) is 8.14. The molecule has 4 nitrogen and oxygen atoms in total. The Hall–Kier alpha value is -2.10. The summed E-state index contributed by atoms with van der Waals surface area (Å²) in [5, 5.41) is 0. The predicted octanol–water partition coefficient (Wildman–Crippen LogP) is 3.42. The zero-order valence-corrected chi connectivity index (χ0v) is 13.3. The van der Waals surface area contributed by atoms with E-state index in [9.17, 15) is 4.79 Å². The molecule has 0 atom stereocenters. The lowest BCUT2D eigenvalue weighted by atomic mass is 9.74. The van der Waals surface area contributed by atoms with Crippen molar-refractivity contribution in [3.63, 3.8) is 0 Å². The van der Waals surface area contributed by atoms with E-state index in [1.165, 1.54) is 7.11 Å². The largest absolute Gasteiger partial charge is 0.465 e. The molecule has 0 bridgehead atoms. The van der Waals surface area contributed by atoms with Gasteiger partial charge in [0.2, 0.25) is 0 Å². The highest BCUT2D eigenvalue weighted by atomic mass is 16.5. The SMILES string of the molecule is C=C(C)N=C(N)C(CC)(CC)c1ccc(C(=O)OC)cc1. The fraction of sp³-hybridized carbons (Fsp3) is 0.412. The van der Waals surface area contributed by atoms with Gasteiger partial charge in [0.1, 0.15) is 5.84 Å². The Balaban J connectivity index is 3.29. The van der Waals surface area contributed by atoms with E-state index in [0.29, 0.717) is 17.1 Å². The number of aliphatic imine (C=N–C) groups is 1. The maximum Gasteiger partial charge on any atom is 0.337 e. The number of amidine groups is 1. The lowest BCUT2D eigenvalue weighted by Gasteiger charge is -2.32. The number of methoxy groups -OCH3 is 1. The highest BCUT2D eigenvalue weighted by Gasteiger charge is 2.33. The molecule has 0 fully saturated rings. The molecule has 0 radical (unpaired) electrons. The summed E-state index contributed by atoms with van der Waals surface area (Å²) >= 11 is 0. The molecule has 0 aromatic heterocycles. The normalized spacial score (nSPS) is 12.1. The molecule has 114 valence electrons. The Kier molecular flexibility index (Phi) is 5.70. The first-order valence-electron chi connectivity index (χ1n) is 7.10. The van der Waals surface area contributed by atoms with Crippen LogP contribution < -0.4 is 5.73 Å². The lowest BCUT2D eigenvalue weighted by molar-refractivity contribution is 0.0600. The summed E-state index contributed by atoms with van der Waals surface area (Å²) < 4.78 is 4.72.